The first-order chi connectivity index (χ1) is 17.9. The minimum absolute atomic E-state index is 0.128. The van der Waals surface area contributed by atoms with Crippen LogP contribution >= 0.6 is 0 Å². The lowest BCUT2D eigenvalue weighted by molar-refractivity contribution is 0.0313. The maximum absolute atomic E-state index is 13.6. The molecule has 0 unspecified atom stereocenters. The number of aromatic nitrogens is 1. The molecule has 0 radical (unpaired) electrons. The number of hydrogen-bond donors (Lipinski definition) is 1. The first-order valence-corrected chi connectivity index (χ1v) is 12.8. The predicted molar refractivity (Wildman–Crippen MR) is 137 cm³/mol. The lowest BCUT2D eigenvalue weighted by Gasteiger charge is -2.37. The lowest BCUT2D eigenvalue weighted by atomic mass is 9.99. The van der Waals surface area contributed by atoms with E-state index < -0.39 is 6.10 Å². The Bertz CT molecular complexity index is 1230. The van der Waals surface area contributed by atoms with Crippen LogP contribution in [-0.4, -0.2) is 77.4 Å². The number of allylic oxidation sites excluding steroid dienone is 2. The van der Waals surface area contributed by atoms with E-state index in [4.69, 9.17) is 14.2 Å². The van der Waals surface area contributed by atoms with Crippen LogP contribution in [0.5, 0.6) is 17.4 Å². The van der Waals surface area contributed by atoms with Gasteiger partial charge < -0.3 is 29.1 Å². The Labute approximate surface area is 216 Å². The summed E-state index contributed by atoms with van der Waals surface area (Å²) in [6.45, 7) is 4.47. The van der Waals surface area contributed by atoms with Crippen LogP contribution in [0.3, 0.4) is 0 Å². The van der Waals surface area contributed by atoms with Gasteiger partial charge in [-0.2, -0.15) is 0 Å². The molecule has 2 amide bonds. The van der Waals surface area contributed by atoms with Gasteiger partial charge in [-0.1, -0.05) is 13.0 Å². The fourth-order valence-corrected chi connectivity index (χ4v) is 5.03. The number of fused-ring (bicyclic) bond motifs is 2. The summed E-state index contributed by atoms with van der Waals surface area (Å²) in [6.07, 6.45) is 6.59. The maximum Gasteiger partial charge on any atom is 0.259 e. The number of carbonyl (C=O) groups excluding carboxylic acids is 2. The highest BCUT2D eigenvalue weighted by Gasteiger charge is 2.35. The average Bonchev–Trinajstić information content (AvgIpc) is 3.61. The number of ether oxygens (including phenoxy) is 3. The lowest BCUT2D eigenvalue weighted by Crippen LogP contribution is -2.50. The highest BCUT2D eigenvalue weighted by atomic mass is 16.7. The van der Waals surface area contributed by atoms with E-state index in [0.29, 0.717) is 29.2 Å². The van der Waals surface area contributed by atoms with Crippen molar-refractivity contribution in [3.8, 4) is 17.4 Å². The Balaban J connectivity index is 1.42. The van der Waals surface area contributed by atoms with Crippen molar-refractivity contribution in [2.75, 3.05) is 33.5 Å². The molecule has 9 nitrogen and oxygen atoms in total. The molecule has 3 heterocycles. The van der Waals surface area contributed by atoms with Gasteiger partial charge in [0, 0.05) is 31.3 Å². The molecule has 0 saturated carbocycles. The SMILES string of the molecule is C[C@@H]1CN([C@H](C)CO)C(=O)c2cc(C3=CCCC3)cnc2O[C@H]1CN(C)C(=O)c1ccc2c(c1)OCO2. The number of benzene rings is 1. The Morgan fingerprint density at radius 3 is 2.84 bits per heavy atom. The van der Waals surface area contributed by atoms with Crippen molar-refractivity contribution in [3.63, 3.8) is 0 Å². The van der Waals surface area contributed by atoms with Crippen LogP contribution in [-0.2, 0) is 0 Å². The molecule has 3 aliphatic rings. The molecule has 1 aliphatic carbocycles. The number of amides is 2. The second kappa shape index (κ2) is 10.4. The summed E-state index contributed by atoms with van der Waals surface area (Å²) in [7, 11) is 1.73. The van der Waals surface area contributed by atoms with Crippen molar-refractivity contribution in [2.45, 2.75) is 45.3 Å². The molecule has 1 aromatic heterocycles. The number of rotatable bonds is 6. The molecule has 1 N–H and O–H groups in total. The minimum Gasteiger partial charge on any atom is -0.472 e. The molecular formula is C28H33N3O6. The molecule has 2 aliphatic heterocycles. The van der Waals surface area contributed by atoms with Crippen LogP contribution in [0.2, 0.25) is 0 Å². The summed E-state index contributed by atoms with van der Waals surface area (Å²) < 4.78 is 17.1. The standard InChI is InChI=1S/C28H33N3O6/c1-17-13-31(18(2)15-32)28(34)22-10-21(19-6-4-5-7-19)12-29-26(22)37-25(17)14-30(3)27(33)20-8-9-23-24(11-20)36-16-35-23/h6,8-12,17-18,25,32H,4-5,7,13-16H2,1-3H3/t17-,18-,25+/m1/s1. The van der Waals surface area contributed by atoms with Crippen LogP contribution in [0.25, 0.3) is 5.57 Å². The summed E-state index contributed by atoms with van der Waals surface area (Å²) in [6, 6.07) is 6.62. The molecule has 1 aromatic carbocycles. The van der Waals surface area contributed by atoms with Gasteiger partial charge in [0.25, 0.3) is 11.8 Å². The summed E-state index contributed by atoms with van der Waals surface area (Å²) in [5.41, 5.74) is 2.98. The number of aliphatic hydroxyl groups is 1. The van der Waals surface area contributed by atoms with Crippen LogP contribution < -0.4 is 14.2 Å². The molecule has 3 atom stereocenters. The van der Waals surface area contributed by atoms with E-state index in [1.807, 2.05) is 19.9 Å². The fraction of sp³-hybridized carbons (Fsp3) is 0.464. The third-order valence-corrected chi connectivity index (χ3v) is 7.35. The maximum atomic E-state index is 13.6. The van der Waals surface area contributed by atoms with Crippen molar-refractivity contribution in [1.82, 2.24) is 14.8 Å². The minimum atomic E-state index is -0.424. The summed E-state index contributed by atoms with van der Waals surface area (Å²) in [4.78, 5) is 34.7. The molecule has 196 valence electrons. The molecule has 9 heteroatoms. The van der Waals surface area contributed by atoms with Crippen molar-refractivity contribution in [2.24, 2.45) is 5.92 Å². The zero-order chi connectivity index (χ0) is 26.1. The van der Waals surface area contributed by atoms with Gasteiger partial charge in [-0.25, -0.2) is 4.98 Å². The summed E-state index contributed by atoms with van der Waals surface area (Å²) in [5, 5.41) is 9.88. The van der Waals surface area contributed by atoms with Crippen molar-refractivity contribution < 1.29 is 28.9 Å². The van der Waals surface area contributed by atoms with Crippen LogP contribution in [0.15, 0.2) is 36.5 Å². The Kier molecular flexibility index (Phi) is 7.06. The number of hydrogen-bond acceptors (Lipinski definition) is 7. The van der Waals surface area contributed by atoms with Crippen molar-refractivity contribution in [3.05, 3.63) is 53.2 Å². The quantitative estimate of drug-likeness (QED) is 0.640. The normalized spacial score (nSPS) is 21.5. The third kappa shape index (κ3) is 5.00. The van der Waals surface area contributed by atoms with E-state index in [0.717, 1.165) is 24.8 Å². The van der Waals surface area contributed by atoms with E-state index in [2.05, 4.69) is 11.1 Å². The topological polar surface area (TPSA) is 101 Å². The molecule has 37 heavy (non-hydrogen) atoms. The van der Waals surface area contributed by atoms with Gasteiger partial charge in [-0.15, -0.1) is 0 Å². The first-order valence-electron chi connectivity index (χ1n) is 12.8. The number of pyridine rings is 1. The van der Waals surface area contributed by atoms with Crippen molar-refractivity contribution in [1.29, 1.82) is 0 Å². The smallest absolute Gasteiger partial charge is 0.259 e. The monoisotopic (exact) mass is 507 g/mol. The van der Waals surface area contributed by atoms with Gasteiger partial charge >= 0.3 is 0 Å². The highest BCUT2D eigenvalue weighted by Crippen LogP contribution is 2.34. The van der Waals surface area contributed by atoms with Gasteiger partial charge in [-0.05, 0) is 61.6 Å². The number of aliphatic hydroxyl groups excluding tert-OH is 1. The van der Waals surface area contributed by atoms with E-state index in [-0.39, 0.29) is 49.6 Å². The van der Waals surface area contributed by atoms with Crippen LogP contribution in [0, 0.1) is 5.92 Å². The zero-order valence-corrected chi connectivity index (χ0v) is 21.5. The molecule has 0 fully saturated rings. The third-order valence-electron chi connectivity index (χ3n) is 7.35. The highest BCUT2D eigenvalue weighted by molar-refractivity contribution is 5.98. The van der Waals surface area contributed by atoms with Gasteiger partial charge in [0.1, 0.15) is 11.7 Å². The second-order valence-corrected chi connectivity index (χ2v) is 10.1. The van der Waals surface area contributed by atoms with Gasteiger partial charge in [-0.3, -0.25) is 9.59 Å². The molecule has 0 saturated heterocycles. The molecule has 0 spiro atoms. The largest absolute Gasteiger partial charge is 0.472 e. The molecule has 0 bridgehead atoms. The number of nitrogens with zero attached hydrogens (tertiary/aromatic N) is 3. The summed E-state index contributed by atoms with van der Waals surface area (Å²) in [5.74, 6) is 0.909. The van der Waals surface area contributed by atoms with Gasteiger partial charge in [0.05, 0.1) is 19.2 Å². The Morgan fingerprint density at radius 1 is 1.27 bits per heavy atom. The van der Waals surface area contributed by atoms with E-state index in [1.165, 1.54) is 5.57 Å². The first kappa shape index (κ1) is 25.1. The van der Waals surface area contributed by atoms with Gasteiger partial charge in [0.15, 0.2) is 11.5 Å². The fourth-order valence-electron chi connectivity index (χ4n) is 5.03. The Morgan fingerprint density at radius 2 is 2.08 bits per heavy atom. The van der Waals surface area contributed by atoms with Crippen molar-refractivity contribution >= 4 is 17.4 Å². The van der Waals surface area contributed by atoms with E-state index in [1.54, 1.807) is 41.2 Å². The second-order valence-electron chi connectivity index (χ2n) is 10.1. The van der Waals surface area contributed by atoms with Gasteiger partial charge in [0.2, 0.25) is 12.7 Å². The summed E-state index contributed by atoms with van der Waals surface area (Å²) >= 11 is 0. The number of likely N-dealkylation sites (N-methyl/N-ethyl adjacent to an activating group) is 1. The Hall–Kier alpha value is -3.59. The van der Waals surface area contributed by atoms with E-state index in [9.17, 15) is 14.7 Å². The average molecular weight is 508 g/mol. The number of carbonyl (C=O) groups is 2. The zero-order valence-electron chi connectivity index (χ0n) is 21.5. The molecule has 5 rings (SSSR count). The predicted octanol–water partition coefficient (Wildman–Crippen LogP) is 3.37. The van der Waals surface area contributed by atoms with Crippen LogP contribution in [0.1, 0.15) is 59.4 Å². The molecule has 2 aromatic rings. The molecular weight excluding hydrogens is 474 g/mol. The van der Waals surface area contributed by atoms with Crippen LogP contribution in [0.4, 0.5) is 0 Å². The van der Waals surface area contributed by atoms with E-state index >= 15 is 0 Å².